The molecule has 0 fully saturated rings. The molecule has 1 aromatic carbocycles. The molecule has 6 nitrogen and oxygen atoms in total. The number of anilines is 1. The number of fused-ring (bicyclic) bond motifs is 1. The average Bonchev–Trinajstić information content (AvgIpc) is 3.04. The molecule has 0 saturated heterocycles. The van der Waals surface area contributed by atoms with Crippen LogP contribution in [0.3, 0.4) is 0 Å². The van der Waals surface area contributed by atoms with Crippen LogP contribution in [-0.4, -0.2) is 25.0 Å². The minimum absolute atomic E-state index is 0.153. The van der Waals surface area contributed by atoms with E-state index in [1.165, 1.54) is 11.3 Å². The zero-order valence-corrected chi connectivity index (χ0v) is 18.9. The summed E-state index contributed by atoms with van der Waals surface area (Å²) >= 11 is 1.46. The molecule has 1 aliphatic rings. The standard InChI is InChI=1S/C23H30N2O4S/c1-5-28-15-7-9-16(10-8-15)29-13-19(26)25-22-20(21(24)27)17-11-6-14(23(2,3)4)12-18(17)30-22/h7-10,14H,5-6,11-13H2,1-4H3,(H2,24,27)(H,25,26). The van der Waals surface area contributed by atoms with Crippen LogP contribution in [0.2, 0.25) is 0 Å². The molecule has 162 valence electrons. The van der Waals surface area contributed by atoms with E-state index in [0.29, 0.717) is 28.8 Å². The number of nitrogens with two attached hydrogens (primary N) is 1. The molecule has 3 N–H and O–H groups in total. The number of thiophene rings is 1. The molecule has 0 radical (unpaired) electrons. The molecule has 1 atom stereocenters. The molecule has 0 bridgehead atoms. The van der Waals surface area contributed by atoms with Gasteiger partial charge in [0.15, 0.2) is 6.61 Å². The first-order valence-electron chi connectivity index (χ1n) is 10.3. The summed E-state index contributed by atoms with van der Waals surface area (Å²) in [5.74, 6) is 1.04. The van der Waals surface area contributed by atoms with Crippen molar-refractivity contribution in [2.75, 3.05) is 18.5 Å². The van der Waals surface area contributed by atoms with Gasteiger partial charge in [0.2, 0.25) is 0 Å². The number of hydrogen-bond donors (Lipinski definition) is 2. The minimum Gasteiger partial charge on any atom is -0.494 e. The zero-order chi connectivity index (χ0) is 21.9. The Labute approximate surface area is 181 Å². The Morgan fingerprint density at radius 3 is 2.37 bits per heavy atom. The van der Waals surface area contributed by atoms with Crippen LogP contribution in [0.5, 0.6) is 11.5 Å². The average molecular weight is 431 g/mol. The van der Waals surface area contributed by atoms with Crippen molar-refractivity contribution in [1.29, 1.82) is 0 Å². The first-order chi connectivity index (χ1) is 14.2. The molecule has 2 aromatic rings. The van der Waals surface area contributed by atoms with Crippen LogP contribution in [0.4, 0.5) is 5.00 Å². The highest BCUT2D eigenvalue weighted by Gasteiger charge is 2.33. The van der Waals surface area contributed by atoms with Crippen LogP contribution in [-0.2, 0) is 17.6 Å². The lowest BCUT2D eigenvalue weighted by Crippen LogP contribution is -2.27. The predicted octanol–water partition coefficient (Wildman–Crippen LogP) is 4.41. The lowest BCUT2D eigenvalue weighted by atomic mass is 9.72. The van der Waals surface area contributed by atoms with Crippen molar-refractivity contribution in [2.45, 2.75) is 47.0 Å². The minimum atomic E-state index is -0.496. The maximum Gasteiger partial charge on any atom is 0.262 e. The first kappa shape index (κ1) is 22.2. The number of hydrogen-bond acceptors (Lipinski definition) is 5. The topological polar surface area (TPSA) is 90.7 Å². The monoisotopic (exact) mass is 430 g/mol. The third-order valence-corrected chi connectivity index (χ3v) is 6.66. The van der Waals surface area contributed by atoms with Crippen LogP contribution in [0.25, 0.3) is 0 Å². The fourth-order valence-corrected chi connectivity index (χ4v) is 5.13. The van der Waals surface area contributed by atoms with Gasteiger partial charge in [0, 0.05) is 4.88 Å². The Bertz CT molecular complexity index is 913. The van der Waals surface area contributed by atoms with Crippen LogP contribution in [0.1, 0.15) is 54.9 Å². The molecule has 1 heterocycles. The highest BCUT2D eigenvalue weighted by Crippen LogP contribution is 2.44. The summed E-state index contributed by atoms with van der Waals surface area (Å²) < 4.78 is 11.0. The van der Waals surface area contributed by atoms with E-state index in [0.717, 1.165) is 35.5 Å². The summed E-state index contributed by atoms with van der Waals surface area (Å²) in [6, 6.07) is 7.09. The van der Waals surface area contributed by atoms with Gasteiger partial charge in [0.1, 0.15) is 16.5 Å². The normalized spacial score (nSPS) is 15.9. The number of amides is 2. The number of rotatable bonds is 7. The van der Waals surface area contributed by atoms with Crippen molar-refractivity contribution < 1.29 is 19.1 Å². The molecule has 1 aliphatic carbocycles. The molecule has 7 heteroatoms. The van der Waals surface area contributed by atoms with Gasteiger partial charge in [0.05, 0.1) is 12.2 Å². The summed E-state index contributed by atoms with van der Waals surface area (Å²) in [7, 11) is 0. The summed E-state index contributed by atoms with van der Waals surface area (Å²) in [4.78, 5) is 25.7. The van der Waals surface area contributed by atoms with E-state index in [4.69, 9.17) is 15.2 Å². The quantitative estimate of drug-likeness (QED) is 0.680. The lowest BCUT2D eigenvalue weighted by Gasteiger charge is -2.33. The Morgan fingerprint density at radius 2 is 1.80 bits per heavy atom. The summed E-state index contributed by atoms with van der Waals surface area (Å²) in [6.07, 6.45) is 2.73. The first-order valence-corrected chi connectivity index (χ1v) is 11.1. The van der Waals surface area contributed by atoms with E-state index in [9.17, 15) is 9.59 Å². The van der Waals surface area contributed by atoms with Gasteiger partial charge in [0.25, 0.3) is 11.8 Å². The van der Waals surface area contributed by atoms with Crippen molar-refractivity contribution in [2.24, 2.45) is 17.1 Å². The lowest BCUT2D eigenvalue weighted by molar-refractivity contribution is -0.118. The Balaban J connectivity index is 1.68. The van der Waals surface area contributed by atoms with Gasteiger partial charge >= 0.3 is 0 Å². The highest BCUT2D eigenvalue weighted by molar-refractivity contribution is 7.17. The van der Waals surface area contributed by atoms with E-state index < -0.39 is 5.91 Å². The van der Waals surface area contributed by atoms with Crippen LogP contribution >= 0.6 is 11.3 Å². The fourth-order valence-electron chi connectivity index (χ4n) is 3.78. The molecule has 30 heavy (non-hydrogen) atoms. The van der Waals surface area contributed by atoms with Gasteiger partial charge in [-0.25, -0.2) is 0 Å². The SMILES string of the molecule is CCOc1ccc(OCC(=O)Nc2sc3c(c2C(N)=O)CCC(C(C)(C)C)C3)cc1. The molecule has 1 aromatic heterocycles. The largest absolute Gasteiger partial charge is 0.494 e. The maximum absolute atomic E-state index is 12.5. The molecule has 3 rings (SSSR count). The number of benzene rings is 1. The van der Waals surface area contributed by atoms with E-state index in [-0.39, 0.29) is 17.9 Å². The Kier molecular flexibility index (Phi) is 6.71. The van der Waals surface area contributed by atoms with Crippen LogP contribution < -0.4 is 20.5 Å². The summed E-state index contributed by atoms with van der Waals surface area (Å²) in [5.41, 5.74) is 7.31. The van der Waals surface area contributed by atoms with Crippen molar-refractivity contribution in [3.63, 3.8) is 0 Å². The van der Waals surface area contributed by atoms with E-state index in [1.807, 2.05) is 6.92 Å². The van der Waals surface area contributed by atoms with Gasteiger partial charge in [-0.2, -0.15) is 0 Å². The molecule has 0 saturated carbocycles. The number of carbonyl (C=O) groups is 2. The molecular formula is C23H30N2O4S. The van der Waals surface area contributed by atoms with Gasteiger partial charge in [-0.15, -0.1) is 11.3 Å². The van der Waals surface area contributed by atoms with Crippen molar-refractivity contribution in [3.05, 3.63) is 40.3 Å². The number of nitrogens with one attached hydrogen (secondary N) is 1. The maximum atomic E-state index is 12.5. The molecular weight excluding hydrogens is 400 g/mol. The van der Waals surface area contributed by atoms with Crippen LogP contribution in [0, 0.1) is 11.3 Å². The van der Waals surface area contributed by atoms with Gasteiger partial charge in [-0.05, 0) is 67.3 Å². The van der Waals surface area contributed by atoms with Crippen molar-refractivity contribution >= 4 is 28.2 Å². The Hall–Kier alpha value is -2.54. The molecule has 1 unspecified atom stereocenters. The van der Waals surface area contributed by atoms with E-state index in [2.05, 4.69) is 26.1 Å². The molecule has 0 spiro atoms. The third kappa shape index (κ3) is 5.14. The third-order valence-electron chi connectivity index (χ3n) is 5.49. The summed E-state index contributed by atoms with van der Waals surface area (Å²) in [6.45, 7) is 9.08. The smallest absolute Gasteiger partial charge is 0.262 e. The van der Waals surface area contributed by atoms with Crippen molar-refractivity contribution in [1.82, 2.24) is 0 Å². The highest BCUT2D eigenvalue weighted by atomic mass is 32.1. The van der Waals surface area contributed by atoms with Gasteiger partial charge < -0.3 is 20.5 Å². The number of carbonyl (C=O) groups excluding carboxylic acids is 2. The second-order valence-electron chi connectivity index (χ2n) is 8.62. The second-order valence-corrected chi connectivity index (χ2v) is 9.72. The van der Waals surface area contributed by atoms with E-state index >= 15 is 0 Å². The molecule has 2 amide bonds. The van der Waals surface area contributed by atoms with Gasteiger partial charge in [-0.1, -0.05) is 20.8 Å². The predicted molar refractivity (Wildman–Crippen MR) is 120 cm³/mol. The molecule has 0 aliphatic heterocycles. The van der Waals surface area contributed by atoms with E-state index in [1.54, 1.807) is 24.3 Å². The van der Waals surface area contributed by atoms with Crippen molar-refractivity contribution in [3.8, 4) is 11.5 Å². The second kappa shape index (κ2) is 9.08. The summed E-state index contributed by atoms with van der Waals surface area (Å²) in [5, 5.41) is 3.36. The zero-order valence-electron chi connectivity index (χ0n) is 18.0. The van der Waals surface area contributed by atoms with Gasteiger partial charge in [-0.3, -0.25) is 9.59 Å². The number of primary amides is 1. The Morgan fingerprint density at radius 1 is 1.17 bits per heavy atom. The fraction of sp³-hybridized carbons (Fsp3) is 0.478. The van der Waals surface area contributed by atoms with Crippen LogP contribution in [0.15, 0.2) is 24.3 Å². The number of ether oxygens (including phenoxy) is 2.